The summed E-state index contributed by atoms with van der Waals surface area (Å²) in [5, 5.41) is 3.51. The predicted octanol–water partition coefficient (Wildman–Crippen LogP) is 4.51. The molecule has 0 radical (unpaired) electrons. The number of benzene rings is 2. The maximum Gasteiger partial charge on any atom is 0.329 e. The van der Waals surface area contributed by atoms with Crippen molar-refractivity contribution in [2.24, 2.45) is 5.92 Å². The Morgan fingerprint density at radius 1 is 1.00 bits per heavy atom. The molecule has 156 valence electrons. The van der Waals surface area contributed by atoms with E-state index in [0.717, 1.165) is 0 Å². The molecule has 2 aromatic rings. The van der Waals surface area contributed by atoms with Crippen molar-refractivity contribution in [3.05, 3.63) is 57.6 Å². The first-order valence-electron chi connectivity index (χ1n) is 8.90. The van der Waals surface area contributed by atoms with Gasteiger partial charge in [-0.15, -0.1) is 0 Å². The maximum atomic E-state index is 12.7. The summed E-state index contributed by atoms with van der Waals surface area (Å²) in [6, 6.07) is 8.94. The Bertz CT molecular complexity index is 843. The number of rotatable bonds is 8. The average Bonchev–Trinajstić information content (AvgIpc) is 2.70. The lowest BCUT2D eigenvalue weighted by atomic mass is 10.0. The molecular weight excluding hydrogens is 417 g/mol. The highest BCUT2D eigenvalue weighted by atomic mass is 35.5. The lowest BCUT2D eigenvalue weighted by Crippen LogP contribution is -2.45. The van der Waals surface area contributed by atoms with Crippen LogP contribution < -0.4 is 14.8 Å². The second-order valence-electron chi connectivity index (χ2n) is 6.60. The summed E-state index contributed by atoms with van der Waals surface area (Å²) in [5.74, 6) is -0.313. The van der Waals surface area contributed by atoms with Gasteiger partial charge in [0, 0.05) is 27.2 Å². The molecule has 0 aliphatic rings. The Morgan fingerprint density at radius 3 is 2.03 bits per heavy atom. The van der Waals surface area contributed by atoms with Crippen molar-refractivity contribution < 1.29 is 23.8 Å². The Hall–Kier alpha value is -2.44. The molecule has 1 N–H and O–H groups in total. The number of hydrogen-bond acceptors (Lipinski definition) is 5. The average molecular weight is 440 g/mol. The van der Waals surface area contributed by atoms with E-state index in [9.17, 15) is 9.59 Å². The highest BCUT2D eigenvalue weighted by Crippen LogP contribution is 2.25. The van der Waals surface area contributed by atoms with Gasteiger partial charge >= 0.3 is 5.97 Å². The van der Waals surface area contributed by atoms with E-state index in [4.69, 9.17) is 37.4 Å². The monoisotopic (exact) mass is 439 g/mol. The molecule has 0 spiro atoms. The van der Waals surface area contributed by atoms with E-state index in [2.05, 4.69) is 5.32 Å². The van der Waals surface area contributed by atoms with Crippen LogP contribution in [0.15, 0.2) is 36.4 Å². The molecule has 29 heavy (non-hydrogen) atoms. The number of nitrogens with one attached hydrogen (secondary N) is 1. The quantitative estimate of drug-likeness (QED) is 0.612. The molecule has 0 aliphatic carbocycles. The van der Waals surface area contributed by atoms with Crippen molar-refractivity contribution >= 4 is 35.1 Å². The Morgan fingerprint density at radius 2 is 1.55 bits per heavy atom. The zero-order valence-electron chi connectivity index (χ0n) is 16.6. The third-order valence-corrected chi connectivity index (χ3v) is 4.95. The van der Waals surface area contributed by atoms with E-state index in [1.54, 1.807) is 50.2 Å². The van der Waals surface area contributed by atoms with Gasteiger partial charge in [0.25, 0.3) is 5.91 Å². The van der Waals surface area contributed by atoms with Crippen LogP contribution in [-0.4, -0.2) is 32.1 Å². The summed E-state index contributed by atoms with van der Waals surface area (Å²) >= 11 is 12.2. The number of carbonyl (C=O) groups is 2. The molecule has 0 heterocycles. The topological polar surface area (TPSA) is 73.9 Å². The fourth-order valence-corrected chi connectivity index (χ4v) is 3.07. The van der Waals surface area contributed by atoms with Gasteiger partial charge in [0.1, 0.15) is 24.1 Å². The van der Waals surface area contributed by atoms with E-state index in [-0.39, 0.29) is 12.5 Å². The number of hydrogen-bond donors (Lipinski definition) is 1. The summed E-state index contributed by atoms with van der Waals surface area (Å²) < 4.78 is 15.7. The van der Waals surface area contributed by atoms with Crippen molar-refractivity contribution in [3.8, 4) is 11.5 Å². The van der Waals surface area contributed by atoms with Crippen LogP contribution in [0, 0.1) is 5.92 Å². The van der Waals surface area contributed by atoms with Crippen LogP contribution in [0.1, 0.15) is 29.8 Å². The molecule has 2 aromatic carbocycles. The van der Waals surface area contributed by atoms with Gasteiger partial charge in [-0.1, -0.05) is 43.1 Å². The van der Waals surface area contributed by atoms with Crippen molar-refractivity contribution in [3.63, 3.8) is 0 Å². The fourth-order valence-electron chi connectivity index (χ4n) is 2.56. The van der Waals surface area contributed by atoms with Crippen molar-refractivity contribution in [2.75, 3.05) is 14.2 Å². The summed E-state index contributed by atoms with van der Waals surface area (Å²) in [7, 11) is 2.98. The molecule has 8 heteroatoms. The van der Waals surface area contributed by atoms with Crippen molar-refractivity contribution in [1.29, 1.82) is 0 Å². The molecule has 0 fully saturated rings. The van der Waals surface area contributed by atoms with E-state index in [1.165, 1.54) is 14.2 Å². The zero-order valence-corrected chi connectivity index (χ0v) is 18.1. The molecule has 0 aromatic heterocycles. The number of methoxy groups -OCH3 is 2. The number of amides is 1. The van der Waals surface area contributed by atoms with Crippen LogP contribution in [0.2, 0.25) is 10.0 Å². The number of esters is 1. The first-order chi connectivity index (χ1) is 13.8. The minimum absolute atomic E-state index is 0.0938. The molecule has 6 nitrogen and oxygen atoms in total. The standard InChI is InChI=1S/C21H23Cl2NO5/c1-12(2)19(21(26)29-11-16-17(22)6-5-7-18(16)23)24-20(25)13-8-14(27-3)10-15(9-13)28-4/h5-10,12,19H,11H2,1-4H3,(H,24,25)/t19-/m1/s1. The van der Waals surface area contributed by atoms with Crippen LogP contribution in [0.4, 0.5) is 0 Å². The molecule has 0 saturated carbocycles. The van der Waals surface area contributed by atoms with Gasteiger partial charge in [-0.25, -0.2) is 4.79 Å². The van der Waals surface area contributed by atoms with Gasteiger partial charge in [-0.2, -0.15) is 0 Å². The first kappa shape index (κ1) is 22.8. The third kappa shape index (κ3) is 6.02. The van der Waals surface area contributed by atoms with E-state index in [1.807, 2.05) is 0 Å². The number of ether oxygens (including phenoxy) is 3. The van der Waals surface area contributed by atoms with Crippen molar-refractivity contribution in [1.82, 2.24) is 5.32 Å². The normalized spacial score (nSPS) is 11.7. The number of carbonyl (C=O) groups excluding carboxylic acids is 2. The fraction of sp³-hybridized carbons (Fsp3) is 0.333. The number of halogens is 2. The minimum atomic E-state index is -0.860. The summed E-state index contributed by atoms with van der Waals surface area (Å²) in [5.41, 5.74) is 0.810. The lowest BCUT2D eigenvalue weighted by molar-refractivity contribution is -0.148. The Labute approximate surface area is 180 Å². The zero-order chi connectivity index (χ0) is 21.6. The second kappa shape index (κ2) is 10.4. The SMILES string of the molecule is COc1cc(OC)cc(C(=O)N[C@@H](C(=O)OCc2c(Cl)cccc2Cl)C(C)C)c1. The smallest absolute Gasteiger partial charge is 0.329 e. The van der Waals surface area contributed by atoms with Crippen LogP contribution in [-0.2, 0) is 16.1 Å². The van der Waals surface area contributed by atoms with Gasteiger partial charge in [0.15, 0.2) is 0 Å². The van der Waals surface area contributed by atoms with Gasteiger partial charge in [-0.3, -0.25) is 4.79 Å². The van der Waals surface area contributed by atoms with Crippen LogP contribution in [0.3, 0.4) is 0 Å². The highest BCUT2D eigenvalue weighted by molar-refractivity contribution is 6.35. The summed E-state index contributed by atoms with van der Waals surface area (Å²) in [4.78, 5) is 25.3. The van der Waals surface area contributed by atoms with E-state index < -0.39 is 17.9 Å². The summed E-state index contributed by atoms with van der Waals surface area (Å²) in [6.07, 6.45) is 0. The van der Waals surface area contributed by atoms with Crippen molar-refractivity contribution in [2.45, 2.75) is 26.5 Å². The second-order valence-corrected chi connectivity index (χ2v) is 7.42. The van der Waals surface area contributed by atoms with Gasteiger partial charge in [0.05, 0.1) is 14.2 Å². The largest absolute Gasteiger partial charge is 0.497 e. The Kier molecular flexibility index (Phi) is 8.17. The lowest BCUT2D eigenvalue weighted by Gasteiger charge is -2.21. The molecule has 0 saturated heterocycles. The van der Waals surface area contributed by atoms with Gasteiger partial charge < -0.3 is 19.5 Å². The minimum Gasteiger partial charge on any atom is -0.497 e. The van der Waals surface area contributed by atoms with Gasteiger partial charge in [0.2, 0.25) is 0 Å². The third-order valence-electron chi connectivity index (χ3n) is 4.24. The van der Waals surface area contributed by atoms with Crippen LogP contribution in [0.25, 0.3) is 0 Å². The molecule has 1 amide bonds. The summed E-state index contributed by atoms with van der Waals surface area (Å²) in [6.45, 7) is 3.52. The molecule has 1 atom stereocenters. The Balaban J connectivity index is 2.13. The maximum absolute atomic E-state index is 12.7. The van der Waals surface area contributed by atoms with E-state index >= 15 is 0 Å². The molecule has 0 unspecified atom stereocenters. The molecular formula is C21H23Cl2NO5. The van der Waals surface area contributed by atoms with Gasteiger partial charge in [-0.05, 0) is 30.2 Å². The van der Waals surface area contributed by atoms with Crippen LogP contribution in [0.5, 0.6) is 11.5 Å². The van der Waals surface area contributed by atoms with Crippen LogP contribution >= 0.6 is 23.2 Å². The first-order valence-corrected chi connectivity index (χ1v) is 9.65. The molecule has 2 rings (SSSR count). The molecule has 0 aliphatic heterocycles. The molecule has 0 bridgehead atoms. The predicted molar refractivity (Wildman–Crippen MR) is 112 cm³/mol. The highest BCUT2D eigenvalue weighted by Gasteiger charge is 2.27. The van der Waals surface area contributed by atoms with E-state index in [0.29, 0.717) is 32.7 Å².